The second-order valence-electron chi connectivity index (χ2n) is 5.23. The number of benzene rings is 1. The van der Waals surface area contributed by atoms with Gasteiger partial charge in [-0.3, -0.25) is 0 Å². The van der Waals surface area contributed by atoms with Gasteiger partial charge < -0.3 is 11.1 Å². The Morgan fingerprint density at radius 1 is 1.33 bits per heavy atom. The molecule has 1 atom stereocenters. The van der Waals surface area contributed by atoms with Crippen LogP contribution >= 0.6 is 0 Å². The number of halogens is 2. The fraction of sp³-hybridized carbons (Fsp3) is 0.462. The van der Waals surface area contributed by atoms with Gasteiger partial charge in [0.2, 0.25) is 0 Å². The van der Waals surface area contributed by atoms with Crippen LogP contribution in [-0.4, -0.2) is 12.6 Å². The zero-order valence-corrected chi connectivity index (χ0v) is 10.7. The standard InChI is InChI=1S/C13H17F2N3/c1-13(2,3)11(7-17)18-12-9(14)4-8(6-16)5-10(12)15/h4-5,11,18H,7,17H2,1-3H3. The Morgan fingerprint density at radius 3 is 2.17 bits per heavy atom. The SMILES string of the molecule is CC(C)(C)C(CN)Nc1c(F)cc(C#N)cc1F. The van der Waals surface area contributed by atoms with Crippen LogP contribution in [0.1, 0.15) is 26.3 Å². The third-order valence-corrected chi connectivity index (χ3v) is 2.77. The van der Waals surface area contributed by atoms with Crippen LogP contribution in [0.3, 0.4) is 0 Å². The summed E-state index contributed by atoms with van der Waals surface area (Å²) in [7, 11) is 0. The number of hydrogen-bond donors (Lipinski definition) is 2. The molecule has 98 valence electrons. The summed E-state index contributed by atoms with van der Waals surface area (Å²) in [6.45, 7) is 6.04. The molecule has 0 bridgehead atoms. The number of nitrogens with zero attached hydrogens (tertiary/aromatic N) is 1. The lowest BCUT2D eigenvalue weighted by molar-refractivity contribution is 0.344. The molecule has 1 rings (SSSR count). The molecule has 1 aromatic carbocycles. The van der Waals surface area contributed by atoms with E-state index in [1.165, 1.54) is 0 Å². The van der Waals surface area contributed by atoms with Crippen molar-refractivity contribution in [3.05, 3.63) is 29.3 Å². The number of rotatable bonds is 3. The fourth-order valence-electron chi connectivity index (χ4n) is 1.58. The van der Waals surface area contributed by atoms with Gasteiger partial charge in [0.05, 0.1) is 11.6 Å². The highest BCUT2D eigenvalue weighted by molar-refractivity contribution is 5.51. The summed E-state index contributed by atoms with van der Waals surface area (Å²) in [5, 5.41) is 11.4. The highest BCUT2D eigenvalue weighted by atomic mass is 19.1. The number of nitrogens with one attached hydrogen (secondary N) is 1. The monoisotopic (exact) mass is 253 g/mol. The fourth-order valence-corrected chi connectivity index (χ4v) is 1.58. The number of hydrogen-bond acceptors (Lipinski definition) is 3. The summed E-state index contributed by atoms with van der Waals surface area (Å²) in [6, 6.07) is 3.44. The largest absolute Gasteiger partial charge is 0.376 e. The third kappa shape index (κ3) is 3.17. The third-order valence-electron chi connectivity index (χ3n) is 2.77. The average molecular weight is 253 g/mol. The molecule has 1 unspecified atom stereocenters. The van der Waals surface area contributed by atoms with E-state index in [4.69, 9.17) is 11.0 Å². The Morgan fingerprint density at radius 2 is 1.83 bits per heavy atom. The molecule has 0 heterocycles. The lowest BCUT2D eigenvalue weighted by atomic mass is 9.86. The van der Waals surface area contributed by atoms with E-state index in [1.807, 2.05) is 20.8 Å². The van der Waals surface area contributed by atoms with Crippen LogP contribution in [-0.2, 0) is 0 Å². The maximum atomic E-state index is 13.7. The number of anilines is 1. The number of nitriles is 1. The Balaban J connectivity index is 3.09. The topological polar surface area (TPSA) is 61.8 Å². The van der Waals surface area contributed by atoms with Crippen molar-refractivity contribution in [2.75, 3.05) is 11.9 Å². The molecule has 0 amide bonds. The first-order valence-electron chi connectivity index (χ1n) is 5.65. The Labute approximate surface area is 106 Å². The molecule has 0 aliphatic carbocycles. The van der Waals surface area contributed by atoms with Gasteiger partial charge in [-0.15, -0.1) is 0 Å². The Kier molecular flexibility index (Phi) is 4.25. The Bertz CT molecular complexity index is 449. The second kappa shape index (κ2) is 5.32. The molecule has 18 heavy (non-hydrogen) atoms. The van der Waals surface area contributed by atoms with E-state index in [0.717, 1.165) is 12.1 Å². The van der Waals surface area contributed by atoms with Crippen LogP contribution in [0.25, 0.3) is 0 Å². The molecule has 1 aromatic rings. The van der Waals surface area contributed by atoms with Crippen LogP contribution in [0.2, 0.25) is 0 Å². The summed E-state index contributed by atoms with van der Waals surface area (Å²) in [6.07, 6.45) is 0. The summed E-state index contributed by atoms with van der Waals surface area (Å²) in [5.41, 5.74) is 5.09. The maximum Gasteiger partial charge on any atom is 0.150 e. The van der Waals surface area contributed by atoms with Crippen LogP contribution in [0, 0.1) is 28.4 Å². The quantitative estimate of drug-likeness (QED) is 0.870. The zero-order valence-electron chi connectivity index (χ0n) is 10.7. The van der Waals surface area contributed by atoms with Gasteiger partial charge in [0.25, 0.3) is 0 Å². The summed E-state index contributed by atoms with van der Waals surface area (Å²) in [4.78, 5) is 0. The van der Waals surface area contributed by atoms with E-state index in [1.54, 1.807) is 6.07 Å². The second-order valence-corrected chi connectivity index (χ2v) is 5.23. The van der Waals surface area contributed by atoms with E-state index in [-0.39, 0.29) is 29.3 Å². The molecular weight excluding hydrogens is 236 g/mol. The molecule has 0 radical (unpaired) electrons. The van der Waals surface area contributed by atoms with Gasteiger partial charge in [-0.05, 0) is 17.5 Å². The first kappa shape index (κ1) is 14.4. The molecular formula is C13H17F2N3. The van der Waals surface area contributed by atoms with Gasteiger partial charge in [0.15, 0.2) is 11.6 Å². The summed E-state index contributed by atoms with van der Waals surface area (Å²) in [5.74, 6) is -1.57. The first-order valence-corrected chi connectivity index (χ1v) is 5.65. The van der Waals surface area contributed by atoms with Gasteiger partial charge in [0, 0.05) is 12.6 Å². The number of nitrogens with two attached hydrogens (primary N) is 1. The highest BCUT2D eigenvalue weighted by Crippen LogP contribution is 2.26. The van der Waals surface area contributed by atoms with Crippen molar-refractivity contribution in [2.24, 2.45) is 11.1 Å². The minimum absolute atomic E-state index is 0.0457. The summed E-state index contributed by atoms with van der Waals surface area (Å²) >= 11 is 0. The predicted molar refractivity (Wildman–Crippen MR) is 67.0 cm³/mol. The lowest BCUT2D eigenvalue weighted by Gasteiger charge is -2.31. The molecule has 3 N–H and O–H groups in total. The van der Waals surface area contributed by atoms with Crippen molar-refractivity contribution in [3.63, 3.8) is 0 Å². The van der Waals surface area contributed by atoms with E-state index < -0.39 is 11.6 Å². The predicted octanol–water partition coefficient (Wildman–Crippen LogP) is 2.62. The van der Waals surface area contributed by atoms with Crippen molar-refractivity contribution in [2.45, 2.75) is 26.8 Å². The lowest BCUT2D eigenvalue weighted by Crippen LogP contribution is -2.40. The van der Waals surface area contributed by atoms with Gasteiger partial charge >= 0.3 is 0 Å². The van der Waals surface area contributed by atoms with Crippen LogP contribution in [0.15, 0.2) is 12.1 Å². The molecule has 3 nitrogen and oxygen atoms in total. The van der Waals surface area contributed by atoms with Crippen LogP contribution in [0.5, 0.6) is 0 Å². The summed E-state index contributed by atoms with van der Waals surface area (Å²) < 4.78 is 27.4. The molecule has 0 spiro atoms. The van der Waals surface area contributed by atoms with E-state index >= 15 is 0 Å². The molecule has 0 saturated carbocycles. The van der Waals surface area contributed by atoms with E-state index in [0.29, 0.717) is 0 Å². The molecule has 0 aliphatic rings. The minimum atomic E-state index is -0.783. The van der Waals surface area contributed by atoms with Crippen molar-refractivity contribution in [1.82, 2.24) is 0 Å². The van der Waals surface area contributed by atoms with E-state index in [2.05, 4.69) is 5.32 Å². The van der Waals surface area contributed by atoms with Gasteiger partial charge in [0.1, 0.15) is 5.69 Å². The minimum Gasteiger partial charge on any atom is -0.376 e. The van der Waals surface area contributed by atoms with Crippen LogP contribution < -0.4 is 11.1 Å². The van der Waals surface area contributed by atoms with Crippen molar-refractivity contribution < 1.29 is 8.78 Å². The smallest absolute Gasteiger partial charge is 0.150 e. The van der Waals surface area contributed by atoms with Gasteiger partial charge in [-0.1, -0.05) is 20.8 Å². The van der Waals surface area contributed by atoms with Gasteiger partial charge in [-0.2, -0.15) is 5.26 Å². The maximum absolute atomic E-state index is 13.7. The van der Waals surface area contributed by atoms with E-state index in [9.17, 15) is 8.78 Å². The van der Waals surface area contributed by atoms with Gasteiger partial charge in [-0.25, -0.2) is 8.78 Å². The Hall–Kier alpha value is -1.67. The molecule has 5 heteroatoms. The average Bonchev–Trinajstić information content (AvgIpc) is 2.26. The van der Waals surface area contributed by atoms with Crippen molar-refractivity contribution >= 4 is 5.69 Å². The molecule has 0 aliphatic heterocycles. The van der Waals surface area contributed by atoms with Crippen molar-refractivity contribution in [1.29, 1.82) is 5.26 Å². The normalized spacial score (nSPS) is 12.9. The van der Waals surface area contributed by atoms with Crippen LogP contribution in [0.4, 0.5) is 14.5 Å². The highest BCUT2D eigenvalue weighted by Gasteiger charge is 2.25. The molecule has 0 aromatic heterocycles. The first-order chi connectivity index (χ1) is 8.29. The molecule has 0 fully saturated rings. The molecule has 0 saturated heterocycles. The zero-order chi connectivity index (χ0) is 13.9. The van der Waals surface area contributed by atoms with Crippen molar-refractivity contribution in [3.8, 4) is 6.07 Å².